The van der Waals surface area contributed by atoms with Crippen LogP contribution in [0, 0.1) is 3.57 Å². The quantitative estimate of drug-likeness (QED) is 0.140. The maximum absolute atomic E-state index is 13.3. The third-order valence-electron chi connectivity index (χ3n) is 6.05. The molecule has 194 valence electrons. The van der Waals surface area contributed by atoms with Crippen LogP contribution in [0.5, 0.6) is 11.5 Å². The Morgan fingerprint density at radius 3 is 2.32 bits per heavy atom. The molecule has 1 aliphatic rings. The predicted octanol–water partition coefficient (Wildman–Crippen LogP) is 5.84. The van der Waals surface area contributed by atoms with Gasteiger partial charge in [-0.2, -0.15) is 0 Å². The average molecular weight is 622 g/mol. The number of methoxy groups -OCH3 is 1. The summed E-state index contributed by atoms with van der Waals surface area (Å²) in [6.45, 7) is 6.19. The summed E-state index contributed by atoms with van der Waals surface area (Å²) < 4.78 is 12.9. The summed E-state index contributed by atoms with van der Waals surface area (Å²) in [6, 6.07) is 17.8. The van der Waals surface area contributed by atoms with Gasteiger partial charge in [0.1, 0.15) is 12.2 Å². The van der Waals surface area contributed by atoms with Crippen molar-refractivity contribution in [2.45, 2.75) is 26.4 Å². The number of hydrogen-bond donors (Lipinski definition) is 1. The highest BCUT2D eigenvalue weighted by Gasteiger charge is 2.36. The number of nitrogens with zero attached hydrogens (tertiary/aromatic N) is 1. The van der Waals surface area contributed by atoms with E-state index in [2.05, 4.69) is 34.5 Å². The van der Waals surface area contributed by atoms with Gasteiger partial charge in [0, 0.05) is 9.13 Å². The van der Waals surface area contributed by atoms with Crippen LogP contribution in [0.15, 0.2) is 78.9 Å². The lowest BCUT2D eigenvalue weighted by molar-refractivity contribution is -0.122. The fourth-order valence-electron chi connectivity index (χ4n) is 4.06. The van der Waals surface area contributed by atoms with E-state index in [0.29, 0.717) is 35.8 Å². The Hall–Kier alpha value is -3.92. The Balaban J connectivity index is 1.68. The third-order valence-corrected chi connectivity index (χ3v) is 6.77. The predicted molar refractivity (Wildman–Crippen MR) is 155 cm³/mol. The maximum Gasteiger partial charge on any atom is 0.335 e. The molecule has 0 atom stereocenters. The number of anilines is 1. The van der Waals surface area contributed by atoms with Gasteiger partial charge in [-0.1, -0.05) is 37.3 Å². The molecule has 0 unspecified atom stereocenters. The van der Waals surface area contributed by atoms with Crippen LogP contribution in [0.3, 0.4) is 0 Å². The Morgan fingerprint density at radius 1 is 1.00 bits per heavy atom. The number of benzene rings is 3. The van der Waals surface area contributed by atoms with Crippen molar-refractivity contribution in [1.29, 1.82) is 0 Å². The highest BCUT2D eigenvalue weighted by Crippen LogP contribution is 2.35. The first-order chi connectivity index (χ1) is 18.3. The molecule has 0 saturated carbocycles. The van der Waals surface area contributed by atoms with Gasteiger partial charge in [-0.05, 0) is 94.6 Å². The third kappa shape index (κ3) is 5.96. The summed E-state index contributed by atoms with van der Waals surface area (Å²) in [5.41, 5.74) is 3.62. The second-order valence-electron chi connectivity index (χ2n) is 8.60. The molecule has 3 aromatic carbocycles. The topological polar surface area (TPSA) is 84.9 Å². The minimum atomic E-state index is -0.786. The Kier molecular flexibility index (Phi) is 8.62. The van der Waals surface area contributed by atoms with Crippen molar-refractivity contribution in [2.24, 2.45) is 0 Å². The normalized spacial score (nSPS) is 14.4. The summed E-state index contributed by atoms with van der Waals surface area (Å²) in [4.78, 5) is 39.5. The molecule has 0 aliphatic carbocycles. The van der Waals surface area contributed by atoms with Crippen molar-refractivity contribution in [3.8, 4) is 11.5 Å². The van der Waals surface area contributed by atoms with Crippen LogP contribution < -0.4 is 19.7 Å². The summed E-state index contributed by atoms with van der Waals surface area (Å²) in [5, 5.41) is 2.27. The van der Waals surface area contributed by atoms with Crippen LogP contribution in [0.4, 0.5) is 10.5 Å². The number of aryl methyl sites for hydroxylation is 1. The first kappa shape index (κ1) is 27.1. The number of allylic oxidation sites excluding steroid dienone is 1. The zero-order valence-electron chi connectivity index (χ0n) is 21.1. The van der Waals surface area contributed by atoms with Gasteiger partial charge >= 0.3 is 6.03 Å². The van der Waals surface area contributed by atoms with E-state index in [9.17, 15) is 14.4 Å². The van der Waals surface area contributed by atoms with Gasteiger partial charge in [-0.3, -0.25) is 14.9 Å². The first-order valence-electron chi connectivity index (χ1n) is 12.0. The number of carbonyl (C=O) groups is 3. The molecule has 4 rings (SSSR count). The summed E-state index contributed by atoms with van der Waals surface area (Å²) >= 11 is 2.25. The molecule has 1 N–H and O–H groups in total. The van der Waals surface area contributed by atoms with E-state index in [1.54, 1.807) is 24.3 Å². The van der Waals surface area contributed by atoms with Gasteiger partial charge < -0.3 is 9.47 Å². The Bertz CT molecular complexity index is 1410. The van der Waals surface area contributed by atoms with Gasteiger partial charge in [-0.15, -0.1) is 6.58 Å². The summed E-state index contributed by atoms with van der Waals surface area (Å²) in [6.07, 6.45) is 4.49. The molecule has 0 spiro atoms. The first-order valence-corrected chi connectivity index (χ1v) is 13.1. The largest absolute Gasteiger partial charge is 0.493 e. The lowest BCUT2D eigenvalue weighted by Gasteiger charge is -2.26. The molecule has 0 aromatic heterocycles. The SMILES string of the molecule is C=CCc1cc(/C=C2/C(=O)NC(=O)N(c3ccc(CC)cc3)C2=O)cc(OC)c1OCc1ccc(I)cc1. The van der Waals surface area contributed by atoms with E-state index in [0.717, 1.165) is 31.6 Å². The molecule has 8 heteroatoms. The van der Waals surface area contributed by atoms with E-state index >= 15 is 0 Å². The standard InChI is InChI=1S/C30H27IN2O5/c1-4-6-22-15-21(17-26(37-3)27(22)38-18-20-7-11-23(31)12-8-20)16-25-28(34)32-30(36)33(29(25)35)24-13-9-19(5-2)10-14-24/h4,7-17H,1,5-6,18H2,2-3H3,(H,32,34,36)/b25-16-. The molecule has 1 fully saturated rings. The molecular weight excluding hydrogens is 595 g/mol. The second-order valence-corrected chi connectivity index (χ2v) is 9.84. The zero-order chi connectivity index (χ0) is 27.2. The van der Waals surface area contributed by atoms with Gasteiger partial charge in [0.2, 0.25) is 0 Å². The monoisotopic (exact) mass is 622 g/mol. The van der Waals surface area contributed by atoms with E-state index in [1.165, 1.54) is 13.2 Å². The fourth-order valence-corrected chi connectivity index (χ4v) is 4.42. The average Bonchev–Trinajstić information content (AvgIpc) is 2.91. The minimum Gasteiger partial charge on any atom is -0.493 e. The number of hydrogen-bond acceptors (Lipinski definition) is 5. The van der Waals surface area contributed by atoms with Crippen molar-refractivity contribution in [3.05, 3.63) is 105 Å². The highest BCUT2D eigenvalue weighted by atomic mass is 127. The van der Waals surface area contributed by atoms with Crippen molar-refractivity contribution in [2.75, 3.05) is 12.0 Å². The Labute approximate surface area is 235 Å². The molecule has 0 bridgehead atoms. The number of carbonyl (C=O) groups excluding carboxylic acids is 3. The van der Waals surface area contributed by atoms with Crippen molar-refractivity contribution in [1.82, 2.24) is 5.32 Å². The number of barbiturate groups is 1. The van der Waals surface area contributed by atoms with Crippen molar-refractivity contribution in [3.63, 3.8) is 0 Å². The molecule has 4 amide bonds. The molecule has 0 radical (unpaired) electrons. The number of imide groups is 2. The highest BCUT2D eigenvalue weighted by molar-refractivity contribution is 14.1. The van der Waals surface area contributed by atoms with Gasteiger partial charge in [-0.25, -0.2) is 9.69 Å². The zero-order valence-corrected chi connectivity index (χ0v) is 23.3. The van der Waals surface area contributed by atoms with Crippen LogP contribution in [-0.2, 0) is 29.0 Å². The lowest BCUT2D eigenvalue weighted by atomic mass is 10.0. The van der Waals surface area contributed by atoms with E-state index in [1.807, 2.05) is 49.4 Å². The molecular formula is C30H27IN2O5. The molecule has 38 heavy (non-hydrogen) atoms. The number of nitrogens with one attached hydrogen (secondary N) is 1. The number of amides is 4. The van der Waals surface area contributed by atoms with E-state index < -0.39 is 17.8 Å². The van der Waals surface area contributed by atoms with Gasteiger partial charge in [0.15, 0.2) is 11.5 Å². The van der Waals surface area contributed by atoms with Crippen LogP contribution in [0.1, 0.15) is 29.2 Å². The Morgan fingerprint density at radius 2 is 1.68 bits per heavy atom. The molecule has 3 aromatic rings. The minimum absolute atomic E-state index is 0.164. The number of urea groups is 1. The number of rotatable bonds is 9. The van der Waals surface area contributed by atoms with Gasteiger partial charge in [0.05, 0.1) is 12.8 Å². The summed E-state index contributed by atoms with van der Waals surface area (Å²) in [7, 11) is 1.53. The maximum atomic E-state index is 13.3. The second kappa shape index (κ2) is 12.1. The molecule has 1 saturated heterocycles. The number of halogens is 1. The number of ether oxygens (including phenoxy) is 2. The van der Waals surface area contributed by atoms with Gasteiger partial charge in [0.25, 0.3) is 11.8 Å². The van der Waals surface area contributed by atoms with E-state index in [4.69, 9.17) is 9.47 Å². The molecule has 1 heterocycles. The van der Waals surface area contributed by atoms with Crippen molar-refractivity contribution < 1.29 is 23.9 Å². The smallest absolute Gasteiger partial charge is 0.335 e. The summed E-state index contributed by atoms with van der Waals surface area (Å²) in [5.74, 6) is -0.454. The van der Waals surface area contributed by atoms with Crippen LogP contribution in [-0.4, -0.2) is 25.0 Å². The molecule has 7 nitrogen and oxygen atoms in total. The van der Waals surface area contributed by atoms with E-state index in [-0.39, 0.29) is 5.57 Å². The fraction of sp³-hybridized carbons (Fsp3) is 0.167. The lowest BCUT2D eigenvalue weighted by Crippen LogP contribution is -2.54. The van der Waals surface area contributed by atoms with Crippen LogP contribution >= 0.6 is 22.6 Å². The van der Waals surface area contributed by atoms with Crippen LogP contribution in [0.2, 0.25) is 0 Å². The van der Waals surface area contributed by atoms with Crippen LogP contribution in [0.25, 0.3) is 6.08 Å². The molecule has 1 aliphatic heterocycles. The van der Waals surface area contributed by atoms with Crippen molar-refractivity contribution >= 4 is 52.2 Å².